The number of halogens is 3. The van der Waals surface area contributed by atoms with Crippen LogP contribution in [0.1, 0.15) is 6.42 Å². The highest BCUT2D eigenvalue weighted by Crippen LogP contribution is 2.15. The molecular formula is C11H13ClF2N2O. The van der Waals surface area contributed by atoms with E-state index in [-0.39, 0.29) is 29.9 Å². The first-order chi connectivity index (χ1) is 7.66. The molecule has 1 aliphatic heterocycles. The zero-order chi connectivity index (χ0) is 11.5. The Labute approximate surface area is 104 Å². The molecule has 1 aromatic rings. The molecule has 1 fully saturated rings. The van der Waals surface area contributed by atoms with E-state index in [0.29, 0.717) is 6.54 Å². The van der Waals surface area contributed by atoms with Crippen LogP contribution in [0.5, 0.6) is 0 Å². The summed E-state index contributed by atoms with van der Waals surface area (Å²) in [6.07, 6.45) is 0.773. The van der Waals surface area contributed by atoms with Crippen molar-refractivity contribution in [3.05, 3.63) is 29.8 Å². The Morgan fingerprint density at radius 1 is 1.35 bits per heavy atom. The minimum atomic E-state index is -0.956. The van der Waals surface area contributed by atoms with Crippen molar-refractivity contribution in [3.63, 3.8) is 0 Å². The maximum atomic E-state index is 12.9. The molecule has 1 amide bonds. The van der Waals surface area contributed by atoms with Crippen LogP contribution in [0, 0.1) is 17.6 Å². The Kier molecular flexibility index (Phi) is 4.84. The molecule has 0 radical (unpaired) electrons. The van der Waals surface area contributed by atoms with Crippen LogP contribution in [0.25, 0.3) is 0 Å². The fourth-order valence-electron chi connectivity index (χ4n) is 1.70. The third-order valence-corrected chi connectivity index (χ3v) is 2.62. The van der Waals surface area contributed by atoms with E-state index in [1.807, 2.05) is 0 Å². The lowest BCUT2D eigenvalue weighted by molar-refractivity contribution is -0.119. The molecule has 0 bridgehead atoms. The van der Waals surface area contributed by atoms with Crippen molar-refractivity contribution in [1.82, 2.24) is 5.32 Å². The van der Waals surface area contributed by atoms with Crippen LogP contribution >= 0.6 is 12.4 Å². The van der Waals surface area contributed by atoms with E-state index in [1.165, 1.54) is 6.07 Å². The summed E-state index contributed by atoms with van der Waals surface area (Å²) >= 11 is 0. The molecule has 0 aliphatic carbocycles. The van der Waals surface area contributed by atoms with Gasteiger partial charge in [0.2, 0.25) is 5.91 Å². The van der Waals surface area contributed by atoms with Gasteiger partial charge in [0.25, 0.3) is 0 Å². The smallest absolute Gasteiger partial charge is 0.228 e. The van der Waals surface area contributed by atoms with Crippen LogP contribution in [0.2, 0.25) is 0 Å². The van der Waals surface area contributed by atoms with Crippen molar-refractivity contribution < 1.29 is 13.6 Å². The van der Waals surface area contributed by atoms with Gasteiger partial charge < -0.3 is 10.6 Å². The van der Waals surface area contributed by atoms with Gasteiger partial charge in [-0.25, -0.2) is 8.78 Å². The average molecular weight is 263 g/mol. The van der Waals surface area contributed by atoms with Gasteiger partial charge in [0.1, 0.15) is 0 Å². The van der Waals surface area contributed by atoms with E-state index in [9.17, 15) is 13.6 Å². The zero-order valence-corrected chi connectivity index (χ0v) is 9.82. The van der Waals surface area contributed by atoms with Crippen LogP contribution in [0.3, 0.4) is 0 Å². The quantitative estimate of drug-likeness (QED) is 0.855. The van der Waals surface area contributed by atoms with Crippen molar-refractivity contribution in [3.8, 4) is 0 Å². The number of nitrogens with one attached hydrogen (secondary N) is 2. The largest absolute Gasteiger partial charge is 0.326 e. The number of hydrogen-bond acceptors (Lipinski definition) is 2. The van der Waals surface area contributed by atoms with E-state index in [2.05, 4.69) is 10.6 Å². The summed E-state index contributed by atoms with van der Waals surface area (Å²) in [4.78, 5) is 11.6. The fourth-order valence-corrected chi connectivity index (χ4v) is 1.70. The summed E-state index contributed by atoms with van der Waals surface area (Å²) in [5, 5.41) is 5.63. The summed E-state index contributed by atoms with van der Waals surface area (Å²) in [6.45, 7) is 1.45. The van der Waals surface area contributed by atoms with Crippen molar-refractivity contribution in [2.45, 2.75) is 6.42 Å². The van der Waals surface area contributed by atoms with Gasteiger partial charge >= 0.3 is 0 Å². The summed E-state index contributed by atoms with van der Waals surface area (Å²) in [5.74, 6) is -2.12. The van der Waals surface area contributed by atoms with E-state index in [4.69, 9.17) is 0 Å². The predicted octanol–water partition coefficient (Wildman–Crippen LogP) is 1.93. The molecule has 0 saturated carbocycles. The third-order valence-electron chi connectivity index (χ3n) is 2.62. The van der Waals surface area contributed by atoms with E-state index >= 15 is 0 Å². The number of rotatable bonds is 2. The second-order valence-corrected chi connectivity index (χ2v) is 3.81. The molecule has 1 aromatic carbocycles. The molecule has 1 atom stereocenters. The van der Waals surface area contributed by atoms with Gasteiger partial charge in [-0.15, -0.1) is 12.4 Å². The molecule has 0 spiro atoms. The zero-order valence-electron chi connectivity index (χ0n) is 9.00. The molecule has 17 heavy (non-hydrogen) atoms. The molecule has 2 rings (SSSR count). The predicted molar refractivity (Wildman–Crippen MR) is 63.2 cm³/mol. The van der Waals surface area contributed by atoms with Gasteiger partial charge in [0.05, 0.1) is 5.92 Å². The highest BCUT2D eigenvalue weighted by atomic mass is 35.5. The third kappa shape index (κ3) is 3.38. The number of hydrogen-bond donors (Lipinski definition) is 2. The number of carbonyl (C=O) groups excluding carboxylic acids is 1. The molecule has 3 nitrogen and oxygen atoms in total. The van der Waals surface area contributed by atoms with E-state index in [0.717, 1.165) is 25.1 Å². The molecule has 1 saturated heterocycles. The molecule has 1 unspecified atom stereocenters. The molecule has 0 aromatic heterocycles. The van der Waals surface area contributed by atoms with Crippen LogP contribution in [0.4, 0.5) is 14.5 Å². The normalized spacial score (nSPS) is 18.6. The van der Waals surface area contributed by atoms with Crippen LogP contribution in [-0.4, -0.2) is 19.0 Å². The first-order valence-electron chi connectivity index (χ1n) is 5.13. The number of benzene rings is 1. The molecule has 6 heteroatoms. The van der Waals surface area contributed by atoms with Crippen molar-refractivity contribution in [2.24, 2.45) is 5.92 Å². The number of anilines is 1. The Morgan fingerprint density at radius 3 is 2.71 bits per heavy atom. The van der Waals surface area contributed by atoms with Crippen LogP contribution < -0.4 is 10.6 Å². The maximum Gasteiger partial charge on any atom is 0.228 e. The first kappa shape index (κ1) is 13.9. The monoisotopic (exact) mass is 262 g/mol. The second-order valence-electron chi connectivity index (χ2n) is 3.81. The molecule has 94 valence electrons. The van der Waals surface area contributed by atoms with Gasteiger partial charge in [-0.1, -0.05) is 0 Å². The van der Waals surface area contributed by atoms with Crippen molar-refractivity contribution in [2.75, 3.05) is 18.4 Å². The fraction of sp³-hybridized carbons (Fsp3) is 0.364. The number of amides is 1. The number of carbonyl (C=O) groups is 1. The average Bonchev–Trinajstić information content (AvgIpc) is 2.77. The topological polar surface area (TPSA) is 41.1 Å². The van der Waals surface area contributed by atoms with Crippen LogP contribution in [0.15, 0.2) is 18.2 Å². The summed E-state index contributed by atoms with van der Waals surface area (Å²) in [7, 11) is 0. The summed E-state index contributed by atoms with van der Waals surface area (Å²) < 4.78 is 25.5. The highest BCUT2D eigenvalue weighted by Gasteiger charge is 2.22. The minimum Gasteiger partial charge on any atom is -0.326 e. The SMILES string of the molecule is Cl.O=C(Nc1ccc(F)c(F)c1)C1CCNC1. The molecule has 2 N–H and O–H groups in total. The van der Waals surface area contributed by atoms with Gasteiger partial charge in [-0.2, -0.15) is 0 Å². The molecule has 1 aliphatic rings. The highest BCUT2D eigenvalue weighted by molar-refractivity contribution is 5.92. The lowest BCUT2D eigenvalue weighted by atomic mass is 10.1. The summed E-state index contributed by atoms with van der Waals surface area (Å²) in [6, 6.07) is 3.33. The van der Waals surface area contributed by atoms with Gasteiger partial charge in [0.15, 0.2) is 11.6 Å². The minimum absolute atomic E-state index is 0. The van der Waals surface area contributed by atoms with Crippen molar-refractivity contribution in [1.29, 1.82) is 0 Å². The van der Waals surface area contributed by atoms with E-state index in [1.54, 1.807) is 0 Å². The lowest BCUT2D eigenvalue weighted by Gasteiger charge is -2.09. The standard InChI is InChI=1S/C11H12F2N2O.ClH/c12-9-2-1-8(5-10(9)13)15-11(16)7-3-4-14-6-7;/h1-2,5,7,14H,3-4,6H2,(H,15,16);1H. The maximum absolute atomic E-state index is 12.9. The Hall–Kier alpha value is -1.20. The van der Waals surface area contributed by atoms with Gasteiger partial charge in [-0.05, 0) is 25.1 Å². The second kappa shape index (κ2) is 5.93. The Morgan fingerprint density at radius 2 is 2.12 bits per heavy atom. The molecular weight excluding hydrogens is 250 g/mol. The van der Waals surface area contributed by atoms with Gasteiger partial charge in [0, 0.05) is 18.3 Å². The Balaban J connectivity index is 0.00000144. The molecule has 1 heterocycles. The van der Waals surface area contributed by atoms with Gasteiger partial charge in [-0.3, -0.25) is 4.79 Å². The first-order valence-corrected chi connectivity index (χ1v) is 5.13. The van der Waals surface area contributed by atoms with Crippen molar-refractivity contribution >= 4 is 24.0 Å². The van der Waals surface area contributed by atoms with E-state index < -0.39 is 11.6 Å². The van der Waals surface area contributed by atoms with Crippen LogP contribution in [-0.2, 0) is 4.79 Å². The lowest BCUT2D eigenvalue weighted by Crippen LogP contribution is -2.24. The summed E-state index contributed by atoms with van der Waals surface area (Å²) in [5.41, 5.74) is 0.288. The Bertz CT molecular complexity index is 408.